The molecule has 1 aromatic heterocycles. The molecule has 6 heteroatoms. The molecule has 2 bridgehead atoms. The van der Waals surface area contributed by atoms with Gasteiger partial charge in [-0.05, 0) is 68.7 Å². The topological polar surface area (TPSA) is 58.1 Å². The van der Waals surface area contributed by atoms with E-state index in [1.54, 1.807) is 0 Å². The number of hydrogen-bond acceptors (Lipinski definition) is 4. The Labute approximate surface area is 199 Å². The van der Waals surface area contributed by atoms with Gasteiger partial charge >= 0.3 is 0 Å². The highest BCUT2D eigenvalue weighted by Crippen LogP contribution is 2.56. The minimum absolute atomic E-state index is 0.0690. The van der Waals surface area contributed by atoms with E-state index in [9.17, 15) is 4.79 Å². The highest BCUT2D eigenvalue weighted by Gasteiger charge is 2.43. The zero-order chi connectivity index (χ0) is 22.7. The van der Waals surface area contributed by atoms with Gasteiger partial charge in [-0.15, -0.1) is 0 Å². The number of nitrogens with one attached hydrogen (secondary N) is 1. The van der Waals surface area contributed by atoms with Gasteiger partial charge in [0.15, 0.2) is 0 Å². The molecule has 5 nitrogen and oxygen atoms in total. The SMILES string of the molecule is Cc1nc([C@H]2C[C@@H]2c2ccc(C(=O)N(C)C3CC4CCC(C3)N4)cc2Cl)c2ccccc2n1. The summed E-state index contributed by atoms with van der Waals surface area (Å²) in [4.78, 5) is 24.5. The molecule has 1 amide bonds. The smallest absolute Gasteiger partial charge is 0.253 e. The molecule has 1 aliphatic carbocycles. The third-order valence-corrected chi connectivity index (χ3v) is 8.18. The number of aromatic nitrogens is 2. The fourth-order valence-corrected chi connectivity index (χ4v) is 6.34. The Morgan fingerprint density at radius 1 is 1.03 bits per heavy atom. The molecular weight excluding hydrogens is 432 g/mol. The number of fused-ring (bicyclic) bond motifs is 3. The molecule has 2 aliphatic heterocycles. The second kappa shape index (κ2) is 8.07. The lowest BCUT2D eigenvalue weighted by Gasteiger charge is -2.35. The highest BCUT2D eigenvalue weighted by molar-refractivity contribution is 6.31. The van der Waals surface area contributed by atoms with Gasteiger partial charge in [-0.2, -0.15) is 0 Å². The van der Waals surface area contributed by atoms with E-state index in [1.165, 1.54) is 12.8 Å². The summed E-state index contributed by atoms with van der Waals surface area (Å²) in [5, 5.41) is 5.46. The Morgan fingerprint density at radius 3 is 2.55 bits per heavy atom. The fourth-order valence-electron chi connectivity index (χ4n) is 6.02. The second-order valence-electron chi connectivity index (χ2n) is 10.0. The minimum Gasteiger partial charge on any atom is -0.339 e. The van der Waals surface area contributed by atoms with Crippen LogP contribution in [0.15, 0.2) is 42.5 Å². The summed E-state index contributed by atoms with van der Waals surface area (Å²) >= 11 is 6.74. The molecule has 4 atom stereocenters. The van der Waals surface area contributed by atoms with Gasteiger partial charge in [-0.25, -0.2) is 9.97 Å². The summed E-state index contributed by atoms with van der Waals surface area (Å²) in [6.07, 6.45) is 5.56. The summed E-state index contributed by atoms with van der Waals surface area (Å²) < 4.78 is 0. The number of rotatable bonds is 4. The van der Waals surface area contributed by atoms with E-state index in [-0.39, 0.29) is 5.91 Å². The van der Waals surface area contributed by atoms with Crippen molar-refractivity contribution in [2.24, 2.45) is 0 Å². The molecule has 3 heterocycles. The van der Waals surface area contributed by atoms with Crippen molar-refractivity contribution < 1.29 is 4.79 Å². The molecular formula is C27H29ClN4O. The number of nitrogens with zero attached hydrogens (tertiary/aromatic N) is 3. The van der Waals surface area contributed by atoms with Crippen molar-refractivity contribution in [3.05, 3.63) is 70.1 Å². The molecule has 3 fully saturated rings. The van der Waals surface area contributed by atoms with E-state index in [1.807, 2.05) is 49.2 Å². The van der Waals surface area contributed by atoms with E-state index in [2.05, 4.69) is 22.4 Å². The van der Waals surface area contributed by atoms with Gasteiger partial charge in [-0.3, -0.25) is 4.79 Å². The van der Waals surface area contributed by atoms with Gasteiger partial charge in [0.1, 0.15) is 5.82 Å². The van der Waals surface area contributed by atoms with Crippen LogP contribution in [-0.4, -0.2) is 45.9 Å². The first kappa shape index (κ1) is 21.1. The van der Waals surface area contributed by atoms with Crippen molar-refractivity contribution in [2.75, 3.05) is 7.05 Å². The molecule has 3 aliphatic rings. The molecule has 1 saturated carbocycles. The molecule has 0 spiro atoms. The lowest BCUT2D eigenvalue weighted by Crippen LogP contribution is -2.48. The average molecular weight is 461 g/mol. The Bertz CT molecular complexity index is 1230. The van der Waals surface area contributed by atoms with E-state index >= 15 is 0 Å². The first-order valence-electron chi connectivity index (χ1n) is 12.0. The van der Waals surface area contributed by atoms with Crippen molar-refractivity contribution in [3.63, 3.8) is 0 Å². The summed E-state index contributed by atoms with van der Waals surface area (Å²) in [5.74, 6) is 1.54. The molecule has 3 aromatic rings. The van der Waals surface area contributed by atoms with Crippen molar-refractivity contribution >= 4 is 28.4 Å². The fraction of sp³-hybridized carbons (Fsp3) is 0.444. The lowest BCUT2D eigenvalue weighted by atomic mass is 9.97. The predicted molar refractivity (Wildman–Crippen MR) is 131 cm³/mol. The predicted octanol–water partition coefficient (Wildman–Crippen LogP) is 5.22. The second-order valence-corrected chi connectivity index (χ2v) is 10.4. The molecule has 6 rings (SSSR count). The third kappa shape index (κ3) is 3.81. The van der Waals surface area contributed by atoms with Crippen molar-refractivity contribution in [3.8, 4) is 0 Å². The van der Waals surface area contributed by atoms with Gasteiger partial charge in [0.25, 0.3) is 5.91 Å². The first-order valence-corrected chi connectivity index (χ1v) is 12.4. The zero-order valence-electron chi connectivity index (χ0n) is 19.1. The number of aryl methyl sites for hydroxylation is 1. The van der Waals surface area contributed by atoms with Gasteiger partial charge in [0, 0.05) is 47.1 Å². The van der Waals surface area contributed by atoms with Gasteiger partial charge in [0.05, 0.1) is 11.2 Å². The number of carbonyl (C=O) groups is 1. The maximum Gasteiger partial charge on any atom is 0.253 e. The first-order chi connectivity index (χ1) is 16.0. The van der Waals surface area contributed by atoms with Crippen LogP contribution in [-0.2, 0) is 0 Å². The number of hydrogen-bond donors (Lipinski definition) is 1. The summed E-state index contributed by atoms with van der Waals surface area (Å²) in [5.41, 5.74) is 3.89. The van der Waals surface area contributed by atoms with Crippen molar-refractivity contribution in [1.29, 1.82) is 0 Å². The normalized spacial score (nSPS) is 28.2. The maximum absolute atomic E-state index is 13.2. The van der Waals surface area contributed by atoms with Gasteiger partial charge in [0.2, 0.25) is 0 Å². The number of piperidine rings is 1. The lowest BCUT2D eigenvalue weighted by molar-refractivity contribution is 0.0681. The van der Waals surface area contributed by atoms with Crippen molar-refractivity contribution in [2.45, 2.75) is 69.0 Å². The summed E-state index contributed by atoms with van der Waals surface area (Å²) in [7, 11) is 1.94. The maximum atomic E-state index is 13.2. The van der Waals surface area contributed by atoms with Crippen LogP contribution in [0, 0.1) is 6.92 Å². The van der Waals surface area contributed by atoms with Gasteiger partial charge < -0.3 is 10.2 Å². The Morgan fingerprint density at radius 2 is 1.79 bits per heavy atom. The summed E-state index contributed by atoms with van der Waals surface area (Å²) in [6, 6.07) is 15.5. The standard InChI is InChI=1S/C27H29ClN4O/c1-15-29-25-6-4-3-5-21(25)26(30-15)23-14-22(23)20-10-7-16(11-24(20)28)27(33)32(2)19-12-17-8-9-18(13-19)31-17/h3-7,10-11,17-19,22-23,31H,8-9,12-14H2,1-2H3/t17?,18?,19?,22-,23+/m1/s1. The number of carbonyl (C=O) groups excluding carboxylic acids is 1. The third-order valence-electron chi connectivity index (χ3n) is 7.85. The van der Waals surface area contributed by atoms with Crippen LogP contribution in [0.4, 0.5) is 0 Å². The monoisotopic (exact) mass is 460 g/mol. The molecule has 2 saturated heterocycles. The van der Waals surface area contributed by atoms with E-state index in [0.29, 0.717) is 40.5 Å². The van der Waals surface area contributed by atoms with Crippen LogP contribution in [0.3, 0.4) is 0 Å². The van der Waals surface area contributed by atoms with Crippen LogP contribution in [0.2, 0.25) is 5.02 Å². The van der Waals surface area contributed by atoms with Crippen LogP contribution in [0.1, 0.15) is 71.4 Å². The number of amides is 1. The Balaban J connectivity index is 1.21. The number of halogens is 1. The minimum atomic E-state index is 0.0690. The average Bonchev–Trinajstić information content (AvgIpc) is 3.54. The molecule has 1 N–H and O–H groups in total. The van der Waals surface area contributed by atoms with E-state index in [0.717, 1.165) is 47.2 Å². The molecule has 2 aromatic carbocycles. The molecule has 170 valence electrons. The van der Waals surface area contributed by atoms with Crippen LogP contribution in [0.5, 0.6) is 0 Å². The van der Waals surface area contributed by atoms with Crippen LogP contribution < -0.4 is 5.32 Å². The van der Waals surface area contributed by atoms with Crippen molar-refractivity contribution in [1.82, 2.24) is 20.2 Å². The Kier molecular flexibility index (Phi) is 5.15. The summed E-state index contributed by atoms with van der Waals surface area (Å²) in [6.45, 7) is 1.95. The largest absolute Gasteiger partial charge is 0.339 e. The highest BCUT2D eigenvalue weighted by atomic mass is 35.5. The number of para-hydroxylation sites is 1. The van der Waals surface area contributed by atoms with Gasteiger partial charge in [-0.1, -0.05) is 35.9 Å². The van der Waals surface area contributed by atoms with Crippen LogP contribution in [0.25, 0.3) is 10.9 Å². The molecule has 33 heavy (non-hydrogen) atoms. The molecule has 0 radical (unpaired) electrons. The van der Waals surface area contributed by atoms with E-state index < -0.39 is 0 Å². The zero-order valence-corrected chi connectivity index (χ0v) is 19.8. The van der Waals surface area contributed by atoms with Crippen LogP contribution >= 0.6 is 11.6 Å². The molecule has 2 unspecified atom stereocenters. The quantitative estimate of drug-likeness (QED) is 0.580. The number of benzene rings is 2. The van der Waals surface area contributed by atoms with E-state index in [4.69, 9.17) is 16.6 Å². The Hall–Kier alpha value is -2.50.